The first-order valence-corrected chi connectivity index (χ1v) is 3.33. The Morgan fingerprint density at radius 2 is 1.54 bits per heavy atom. The quantitative estimate of drug-likeness (QED) is 0.324. The number of aliphatic hydroxyl groups excluding tert-OH is 5. The number of aldehydes is 1. The van der Waals surface area contributed by atoms with E-state index in [-0.39, 0.29) is 64.5 Å². The van der Waals surface area contributed by atoms with Gasteiger partial charge >= 0.3 is 58.2 Å². The van der Waals surface area contributed by atoms with E-state index in [2.05, 4.69) is 0 Å². The van der Waals surface area contributed by atoms with Crippen molar-refractivity contribution in [2.45, 2.75) is 24.4 Å². The van der Waals surface area contributed by atoms with Gasteiger partial charge in [-0.25, -0.2) is 0 Å². The summed E-state index contributed by atoms with van der Waals surface area (Å²) in [4.78, 5) is 9.90. The van der Waals surface area contributed by atoms with Gasteiger partial charge in [-0.05, 0) is 0 Å². The van der Waals surface area contributed by atoms with Crippen LogP contribution < -0.4 is 0 Å². The summed E-state index contributed by atoms with van der Waals surface area (Å²) in [5, 5.41) is 43.5. The number of carbonyl (C=O) groups excluding carboxylic acids is 1. The maximum atomic E-state index is 9.90. The van der Waals surface area contributed by atoms with Crippen molar-refractivity contribution in [1.82, 2.24) is 0 Å². The summed E-state index contributed by atoms with van der Waals surface area (Å²) in [6.45, 7) is -0.760. The second kappa shape index (κ2) is 8.57. The molecule has 4 atom stereocenters. The summed E-state index contributed by atoms with van der Waals surface area (Å²) in [5.41, 5.74) is 0. The van der Waals surface area contributed by atoms with E-state index >= 15 is 0 Å². The fourth-order valence-corrected chi connectivity index (χ4v) is 0.618. The van der Waals surface area contributed by atoms with E-state index in [4.69, 9.17) is 25.5 Å². The minimum atomic E-state index is -1.79. The van der Waals surface area contributed by atoms with Crippen molar-refractivity contribution < 1.29 is 30.3 Å². The van der Waals surface area contributed by atoms with Crippen LogP contribution >= 0.6 is 0 Å². The van der Waals surface area contributed by atoms with Crippen LogP contribution in [0.3, 0.4) is 0 Å². The molecular formula is C6H13O6Rb. The van der Waals surface area contributed by atoms with E-state index in [0.29, 0.717) is 0 Å². The van der Waals surface area contributed by atoms with Gasteiger partial charge in [0, 0.05) is 0 Å². The molecule has 0 aliphatic heterocycles. The van der Waals surface area contributed by atoms with E-state index in [9.17, 15) is 4.79 Å². The van der Waals surface area contributed by atoms with Crippen molar-refractivity contribution >= 4 is 64.5 Å². The number of hydrogen-bond acceptors (Lipinski definition) is 6. The van der Waals surface area contributed by atoms with Crippen LogP contribution in [0, 0.1) is 0 Å². The first-order chi connectivity index (χ1) is 5.54. The van der Waals surface area contributed by atoms with Crippen LogP contribution in [-0.4, -0.2) is 121 Å². The van der Waals surface area contributed by atoms with Gasteiger partial charge in [0.25, 0.3) is 0 Å². The topological polar surface area (TPSA) is 118 Å². The number of aliphatic hydroxyl groups is 5. The molecule has 5 N–H and O–H groups in total. The second-order valence-electron chi connectivity index (χ2n) is 2.36. The Morgan fingerprint density at radius 1 is 1.08 bits per heavy atom. The van der Waals surface area contributed by atoms with E-state index in [1.165, 1.54) is 0 Å². The van der Waals surface area contributed by atoms with Crippen molar-refractivity contribution in [3.8, 4) is 0 Å². The van der Waals surface area contributed by atoms with Gasteiger partial charge in [-0.15, -0.1) is 0 Å². The number of hydrogen-bond donors (Lipinski definition) is 5. The third kappa shape index (κ3) is 5.66. The molecule has 0 bridgehead atoms. The Hall–Kier alpha value is 1.28. The van der Waals surface area contributed by atoms with Gasteiger partial charge in [-0.3, -0.25) is 0 Å². The monoisotopic (exact) mass is 266 g/mol. The van der Waals surface area contributed by atoms with Crippen molar-refractivity contribution in [1.29, 1.82) is 0 Å². The SMILES string of the molecule is O=C[C@H](O)[C@@H](O)[C@H](O)[C@H](O)CO.[RbH]. The van der Waals surface area contributed by atoms with E-state index < -0.39 is 31.0 Å². The fraction of sp³-hybridized carbons (Fsp3) is 0.833. The van der Waals surface area contributed by atoms with Gasteiger partial charge in [-0.2, -0.15) is 0 Å². The molecule has 0 fully saturated rings. The molecule has 0 heterocycles. The van der Waals surface area contributed by atoms with Crippen molar-refractivity contribution in [2.75, 3.05) is 6.61 Å². The Bertz CT molecular complexity index is 143. The maximum absolute atomic E-state index is 9.90. The van der Waals surface area contributed by atoms with E-state index in [1.54, 1.807) is 0 Å². The Balaban J connectivity index is 0. The average Bonchev–Trinajstić information content (AvgIpc) is 2.12. The van der Waals surface area contributed by atoms with Crippen molar-refractivity contribution in [2.24, 2.45) is 0 Å². The van der Waals surface area contributed by atoms with Crippen LogP contribution in [0.1, 0.15) is 0 Å². The molecule has 6 nitrogen and oxygen atoms in total. The third-order valence-corrected chi connectivity index (χ3v) is 1.42. The second-order valence-corrected chi connectivity index (χ2v) is 2.36. The molecule has 0 saturated heterocycles. The summed E-state index contributed by atoms with van der Waals surface area (Å²) in [7, 11) is 0. The number of rotatable bonds is 5. The van der Waals surface area contributed by atoms with Crippen LogP contribution in [0.25, 0.3) is 0 Å². The summed E-state index contributed by atoms with van der Waals surface area (Å²) in [6, 6.07) is 0. The zero-order valence-corrected chi connectivity index (χ0v) is 6.24. The normalized spacial score (nSPS) is 19.5. The molecule has 0 unspecified atom stereocenters. The van der Waals surface area contributed by atoms with E-state index in [0.717, 1.165) is 0 Å². The summed E-state index contributed by atoms with van der Waals surface area (Å²) >= 11 is 0. The Labute approximate surface area is 124 Å². The van der Waals surface area contributed by atoms with Crippen LogP contribution in [0.5, 0.6) is 0 Å². The van der Waals surface area contributed by atoms with Crippen molar-refractivity contribution in [3.05, 3.63) is 0 Å². The predicted molar refractivity (Wildman–Crippen MR) is 44.3 cm³/mol. The molecule has 0 aromatic rings. The zero-order valence-electron chi connectivity index (χ0n) is 6.24. The zero-order chi connectivity index (χ0) is 9.72. The van der Waals surface area contributed by atoms with Gasteiger partial charge in [0.2, 0.25) is 0 Å². The van der Waals surface area contributed by atoms with Gasteiger partial charge < -0.3 is 30.3 Å². The van der Waals surface area contributed by atoms with Gasteiger partial charge in [0.1, 0.15) is 24.4 Å². The predicted octanol–water partition coefficient (Wildman–Crippen LogP) is -4.03. The third-order valence-electron chi connectivity index (χ3n) is 1.42. The molecule has 0 amide bonds. The summed E-state index contributed by atoms with van der Waals surface area (Å²) in [5.74, 6) is 0. The molecule has 0 aliphatic rings. The molecule has 0 spiro atoms. The molecule has 0 aromatic heterocycles. The van der Waals surface area contributed by atoms with E-state index in [1.807, 2.05) is 0 Å². The molecule has 0 saturated carbocycles. The van der Waals surface area contributed by atoms with Crippen molar-refractivity contribution in [3.63, 3.8) is 0 Å². The Kier molecular flexibility index (Phi) is 11.0. The number of carbonyl (C=O) groups is 1. The van der Waals surface area contributed by atoms with Crippen LogP contribution in [0.15, 0.2) is 0 Å². The molecular weight excluding hydrogens is 254 g/mol. The minimum absolute atomic E-state index is 0. The molecule has 74 valence electrons. The summed E-state index contributed by atoms with van der Waals surface area (Å²) in [6.07, 6.45) is -6.84. The van der Waals surface area contributed by atoms with Gasteiger partial charge in [-0.1, -0.05) is 0 Å². The molecule has 0 rings (SSSR count). The van der Waals surface area contributed by atoms with Gasteiger partial charge in [0.05, 0.1) is 6.61 Å². The first-order valence-electron chi connectivity index (χ1n) is 3.33. The van der Waals surface area contributed by atoms with Gasteiger partial charge in [0.15, 0.2) is 6.29 Å². The van der Waals surface area contributed by atoms with Crippen LogP contribution in [0.4, 0.5) is 0 Å². The summed E-state index contributed by atoms with van der Waals surface area (Å²) < 4.78 is 0. The average molecular weight is 267 g/mol. The van der Waals surface area contributed by atoms with Crippen LogP contribution in [-0.2, 0) is 4.79 Å². The fourth-order valence-electron chi connectivity index (χ4n) is 0.618. The first kappa shape index (κ1) is 16.7. The molecule has 0 aliphatic carbocycles. The van der Waals surface area contributed by atoms with Crippen LogP contribution in [0.2, 0.25) is 0 Å². The standard InChI is InChI=1S/C6H12O6.Rb.H/c7-1-3(9)5(11)6(12)4(10)2-8;;/h1,3-6,8-12H,2H2;;/t3-,4+,5+,6+;;/m0../s1. The Morgan fingerprint density at radius 3 is 1.85 bits per heavy atom. The molecule has 13 heavy (non-hydrogen) atoms. The molecule has 7 heteroatoms. The molecule has 0 aromatic carbocycles. The molecule has 0 radical (unpaired) electrons.